The average Bonchev–Trinajstić information content (AvgIpc) is 2.54. The Labute approximate surface area is 125 Å². The average molecular weight is 293 g/mol. The SMILES string of the molecule is CCOC1CCN(c2cc(OC)ccc2/C(N)=N/O)CC1. The number of benzene rings is 1. The topological polar surface area (TPSA) is 80.3 Å². The smallest absolute Gasteiger partial charge is 0.172 e. The molecule has 1 aliphatic heterocycles. The Bertz CT molecular complexity index is 497. The van der Waals surface area contributed by atoms with E-state index >= 15 is 0 Å². The van der Waals surface area contributed by atoms with Gasteiger partial charge in [-0.15, -0.1) is 0 Å². The Morgan fingerprint density at radius 1 is 1.43 bits per heavy atom. The molecule has 3 N–H and O–H groups in total. The molecular weight excluding hydrogens is 270 g/mol. The van der Waals surface area contributed by atoms with Crippen molar-refractivity contribution in [3.05, 3.63) is 23.8 Å². The molecule has 0 atom stereocenters. The molecule has 0 bridgehead atoms. The van der Waals surface area contributed by atoms with Gasteiger partial charge in [0.25, 0.3) is 0 Å². The van der Waals surface area contributed by atoms with Gasteiger partial charge in [-0.2, -0.15) is 0 Å². The summed E-state index contributed by atoms with van der Waals surface area (Å²) in [6.45, 7) is 4.53. The van der Waals surface area contributed by atoms with Gasteiger partial charge >= 0.3 is 0 Å². The molecule has 1 aromatic carbocycles. The number of hydrogen-bond donors (Lipinski definition) is 2. The summed E-state index contributed by atoms with van der Waals surface area (Å²) in [5.74, 6) is 0.867. The third kappa shape index (κ3) is 3.58. The molecule has 0 aliphatic carbocycles. The molecule has 0 spiro atoms. The van der Waals surface area contributed by atoms with E-state index in [2.05, 4.69) is 10.1 Å². The highest BCUT2D eigenvalue weighted by atomic mass is 16.5. The highest BCUT2D eigenvalue weighted by Gasteiger charge is 2.22. The lowest BCUT2D eigenvalue weighted by molar-refractivity contribution is 0.0459. The van der Waals surface area contributed by atoms with Crippen molar-refractivity contribution in [2.75, 3.05) is 31.7 Å². The minimum absolute atomic E-state index is 0.111. The Morgan fingerprint density at radius 3 is 2.71 bits per heavy atom. The number of methoxy groups -OCH3 is 1. The van der Waals surface area contributed by atoms with E-state index in [0.717, 1.165) is 44.0 Å². The largest absolute Gasteiger partial charge is 0.497 e. The van der Waals surface area contributed by atoms with Gasteiger partial charge in [-0.05, 0) is 31.9 Å². The van der Waals surface area contributed by atoms with Gasteiger partial charge in [0.1, 0.15) is 5.75 Å². The maximum Gasteiger partial charge on any atom is 0.172 e. The van der Waals surface area contributed by atoms with Crippen LogP contribution in [-0.2, 0) is 4.74 Å². The normalized spacial score (nSPS) is 17.0. The second kappa shape index (κ2) is 7.17. The quantitative estimate of drug-likeness (QED) is 0.374. The zero-order chi connectivity index (χ0) is 15.2. The van der Waals surface area contributed by atoms with Crippen LogP contribution >= 0.6 is 0 Å². The number of piperidine rings is 1. The van der Waals surface area contributed by atoms with E-state index in [1.807, 2.05) is 25.1 Å². The van der Waals surface area contributed by atoms with Crippen LogP contribution in [-0.4, -0.2) is 44.0 Å². The van der Waals surface area contributed by atoms with Crippen LogP contribution in [0.3, 0.4) is 0 Å². The van der Waals surface area contributed by atoms with E-state index in [-0.39, 0.29) is 5.84 Å². The van der Waals surface area contributed by atoms with Crippen molar-refractivity contribution in [1.29, 1.82) is 0 Å². The van der Waals surface area contributed by atoms with Crippen LogP contribution in [0.5, 0.6) is 5.75 Å². The molecule has 0 saturated carbocycles. The van der Waals surface area contributed by atoms with E-state index in [1.165, 1.54) is 0 Å². The van der Waals surface area contributed by atoms with Crippen molar-refractivity contribution >= 4 is 11.5 Å². The van der Waals surface area contributed by atoms with Gasteiger partial charge in [-0.1, -0.05) is 5.16 Å². The van der Waals surface area contributed by atoms with E-state index in [0.29, 0.717) is 11.7 Å². The summed E-state index contributed by atoms with van der Waals surface area (Å²) in [5, 5.41) is 12.1. The van der Waals surface area contributed by atoms with Gasteiger partial charge in [0.15, 0.2) is 5.84 Å². The van der Waals surface area contributed by atoms with Crippen molar-refractivity contribution in [2.45, 2.75) is 25.9 Å². The monoisotopic (exact) mass is 293 g/mol. The molecule has 21 heavy (non-hydrogen) atoms. The van der Waals surface area contributed by atoms with E-state index in [9.17, 15) is 0 Å². The summed E-state index contributed by atoms with van der Waals surface area (Å²) in [4.78, 5) is 2.23. The number of hydrogen-bond acceptors (Lipinski definition) is 5. The molecule has 6 nitrogen and oxygen atoms in total. The van der Waals surface area contributed by atoms with E-state index in [1.54, 1.807) is 7.11 Å². The van der Waals surface area contributed by atoms with Crippen LogP contribution in [0, 0.1) is 0 Å². The maximum absolute atomic E-state index is 8.94. The fourth-order valence-corrected chi connectivity index (χ4v) is 2.67. The predicted molar refractivity (Wildman–Crippen MR) is 82.4 cm³/mol. The Kier molecular flexibility index (Phi) is 5.27. The summed E-state index contributed by atoms with van der Waals surface area (Å²) in [5.41, 5.74) is 7.42. The molecule has 0 radical (unpaired) electrons. The summed E-state index contributed by atoms with van der Waals surface area (Å²) in [6, 6.07) is 5.55. The molecule has 1 saturated heterocycles. The zero-order valence-electron chi connectivity index (χ0n) is 12.6. The second-order valence-corrected chi connectivity index (χ2v) is 5.01. The lowest BCUT2D eigenvalue weighted by atomic mass is 10.0. The van der Waals surface area contributed by atoms with Crippen LogP contribution in [0.4, 0.5) is 5.69 Å². The molecule has 0 amide bonds. The minimum Gasteiger partial charge on any atom is -0.497 e. The summed E-state index contributed by atoms with van der Waals surface area (Å²) in [6.07, 6.45) is 2.27. The number of anilines is 1. The fraction of sp³-hybridized carbons (Fsp3) is 0.533. The van der Waals surface area contributed by atoms with Crippen molar-refractivity contribution in [3.8, 4) is 5.75 Å². The van der Waals surface area contributed by atoms with Crippen LogP contribution < -0.4 is 15.4 Å². The predicted octanol–water partition coefficient (Wildman–Crippen LogP) is 1.79. The van der Waals surface area contributed by atoms with Crippen molar-refractivity contribution in [2.24, 2.45) is 10.9 Å². The molecule has 1 fully saturated rings. The first-order valence-electron chi connectivity index (χ1n) is 7.22. The molecular formula is C15H23N3O3. The molecule has 1 aliphatic rings. The minimum atomic E-state index is 0.111. The number of ether oxygens (including phenoxy) is 2. The van der Waals surface area contributed by atoms with E-state index in [4.69, 9.17) is 20.4 Å². The summed E-state index contributed by atoms with van der Waals surface area (Å²) >= 11 is 0. The third-order valence-electron chi connectivity index (χ3n) is 3.77. The number of amidine groups is 1. The van der Waals surface area contributed by atoms with Crippen LogP contribution in [0.2, 0.25) is 0 Å². The van der Waals surface area contributed by atoms with Gasteiger partial charge in [0.2, 0.25) is 0 Å². The molecule has 2 rings (SSSR count). The van der Waals surface area contributed by atoms with Crippen molar-refractivity contribution in [3.63, 3.8) is 0 Å². The molecule has 0 unspecified atom stereocenters. The highest BCUT2D eigenvalue weighted by molar-refractivity contribution is 6.02. The second-order valence-electron chi connectivity index (χ2n) is 5.01. The molecule has 1 aromatic rings. The van der Waals surface area contributed by atoms with Gasteiger partial charge in [-0.25, -0.2) is 0 Å². The number of nitrogens with zero attached hydrogens (tertiary/aromatic N) is 2. The van der Waals surface area contributed by atoms with Gasteiger partial charge < -0.3 is 25.3 Å². The van der Waals surface area contributed by atoms with Gasteiger partial charge in [0.05, 0.1) is 18.9 Å². The van der Waals surface area contributed by atoms with Crippen LogP contribution in [0.15, 0.2) is 23.4 Å². The Morgan fingerprint density at radius 2 is 2.14 bits per heavy atom. The van der Waals surface area contributed by atoms with Gasteiger partial charge in [0, 0.05) is 31.3 Å². The first kappa shape index (κ1) is 15.4. The van der Waals surface area contributed by atoms with Gasteiger partial charge in [-0.3, -0.25) is 0 Å². The summed E-state index contributed by atoms with van der Waals surface area (Å²) < 4.78 is 11.0. The summed E-state index contributed by atoms with van der Waals surface area (Å²) in [7, 11) is 1.63. The number of oxime groups is 1. The Balaban J connectivity index is 2.21. The lowest BCUT2D eigenvalue weighted by Crippen LogP contribution is -2.38. The van der Waals surface area contributed by atoms with E-state index < -0.39 is 0 Å². The number of rotatable bonds is 5. The zero-order valence-corrected chi connectivity index (χ0v) is 12.6. The molecule has 116 valence electrons. The number of nitrogens with two attached hydrogens (primary N) is 1. The first-order chi connectivity index (χ1) is 10.2. The standard InChI is InChI=1S/C15H23N3O3/c1-3-21-11-6-8-18(9-7-11)14-10-12(20-2)4-5-13(14)15(16)17-19/h4-5,10-11,19H,3,6-9H2,1-2H3,(H2,16,17). The van der Waals surface area contributed by atoms with Crippen LogP contribution in [0.25, 0.3) is 0 Å². The molecule has 6 heteroatoms. The van der Waals surface area contributed by atoms with Crippen molar-refractivity contribution < 1.29 is 14.7 Å². The first-order valence-corrected chi connectivity index (χ1v) is 7.22. The third-order valence-corrected chi connectivity index (χ3v) is 3.77. The Hall–Kier alpha value is -1.95. The lowest BCUT2D eigenvalue weighted by Gasteiger charge is -2.34. The van der Waals surface area contributed by atoms with Crippen molar-refractivity contribution in [1.82, 2.24) is 0 Å². The highest BCUT2D eigenvalue weighted by Crippen LogP contribution is 2.29. The maximum atomic E-state index is 8.94. The molecule has 1 heterocycles. The van der Waals surface area contributed by atoms with Crippen LogP contribution in [0.1, 0.15) is 25.3 Å². The fourth-order valence-electron chi connectivity index (χ4n) is 2.67. The molecule has 0 aromatic heterocycles.